The number of amides is 2. The molecule has 5 heteroatoms. The number of urea groups is 1. The van der Waals surface area contributed by atoms with Crippen molar-refractivity contribution < 1.29 is 9.18 Å². The number of carbonyl (C=O) groups excluding carboxylic acids is 1. The Morgan fingerprint density at radius 2 is 1.91 bits per heavy atom. The molecule has 2 aromatic rings. The highest BCUT2D eigenvalue weighted by Gasteiger charge is 2.11. The molecule has 0 saturated carbocycles. The fourth-order valence-electron chi connectivity index (χ4n) is 2.07. The number of benzene rings is 2. The van der Waals surface area contributed by atoms with Crippen molar-refractivity contribution in [1.29, 1.82) is 0 Å². The smallest absolute Gasteiger partial charge is 0.319 e. The van der Waals surface area contributed by atoms with Crippen LogP contribution in [0.25, 0.3) is 0 Å². The third kappa shape index (κ3) is 4.21. The van der Waals surface area contributed by atoms with E-state index < -0.39 is 11.8 Å². The van der Waals surface area contributed by atoms with Gasteiger partial charge < -0.3 is 10.6 Å². The third-order valence-corrected chi connectivity index (χ3v) is 3.65. The first kappa shape index (κ1) is 16.3. The van der Waals surface area contributed by atoms with Crippen molar-refractivity contribution in [2.24, 2.45) is 0 Å². The molecule has 0 aliphatic rings. The van der Waals surface area contributed by atoms with E-state index >= 15 is 0 Å². The second-order valence-electron chi connectivity index (χ2n) is 5.04. The van der Waals surface area contributed by atoms with E-state index in [1.54, 1.807) is 0 Å². The van der Waals surface area contributed by atoms with Gasteiger partial charge in [-0.25, -0.2) is 9.18 Å². The van der Waals surface area contributed by atoms with Crippen LogP contribution < -0.4 is 10.6 Å². The van der Waals surface area contributed by atoms with Crippen molar-refractivity contribution in [3.63, 3.8) is 0 Å². The lowest BCUT2D eigenvalue weighted by atomic mass is 10.1. The number of hydrogen-bond donors (Lipinski definition) is 2. The molecular weight excluding hydrogens is 303 g/mol. The van der Waals surface area contributed by atoms with Crippen LogP contribution in [0.3, 0.4) is 0 Å². The van der Waals surface area contributed by atoms with Gasteiger partial charge in [0.1, 0.15) is 5.82 Å². The number of nitrogens with one attached hydrogen (secondary N) is 2. The first-order valence-corrected chi connectivity index (χ1v) is 7.48. The van der Waals surface area contributed by atoms with Gasteiger partial charge in [0, 0.05) is 5.02 Å². The Balaban J connectivity index is 1.98. The average Bonchev–Trinajstić information content (AvgIpc) is 2.50. The van der Waals surface area contributed by atoms with Gasteiger partial charge in [-0.1, -0.05) is 42.8 Å². The Morgan fingerprint density at radius 3 is 2.50 bits per heavy atom. The molecule has 116 valence electrons. The lowest BCUT2D eigenvalue weighted by molar-refractivity contribution is 0.249. The maximum Gasteiger partial charge on any atom is 0.319 e. The minimum Gasteiger partial charge on any atom is -0.331 e. The monoisotopic (exact) mass is 320 g/mol. The first-order valence-electron chi connectivity index (χ1n) is 7.11. The Hall–Kier alpha value is -2.07. The van der Waals surface area contributed by atoms with Gasteiger partial charge in [0.2, 0.25) is 0 Å². The van der Waals surface area contributed by atoms with Crippen LogP contribution in [-0.2, 0) is 6.42 Å². The second-order valence-corrected chi connectivity index (χ2v) is 5.48. The Morgan fingerprint density at radius 1 is 1.23 bits per heavy atom. The van der Waals surface area contributed by atoms with E-state index in [2.05, 4.69) is 17.6 Å². The summed E-state index contributed by atoms with van der Waals surface area (Å²) in [6.07, 6.45) is 0.971. The second kappa shape index (κ2) is 7.27. The van der Waals surface area contributed by atoms with Crippen molar-refractivity contribution >= 4 is 23.3 Å². The fraction of sp³-hybridized carbons (Fsp3) is 0.235. The van der Waals surface area contributed by atoms with Crippen molar-refractivity contribution in [2.45, 2.75) is 26.3 Å². The molecule has 0 saturated heterocycles. The molecule has 22 heavy (non-hydrogen) atoms. The summed E-state index contributed by atoms with van der Waals surface area (Å²) in [5.41, 5.74) is 2.32. The molecule has 1 unspecified atom stereocenters. The fourth-order valence-corrected chi connectivity index (χ4v) is 2.23. The summed E-state index contributed by atoms with van der Waals surface area (Å²) in [5.74, 6) is -0.567. The molecule has 0 aromatic heterocycles. The molecule has 3 nitrogen and oxygen atoms in total. The minimum absolute atomic E-state index is 0.0930. The maximum absolute atomic E-state index is 13.6. The molecule has 2 amide bonds. The highest BCUT2D eigenvalue weighted by Crippen LogP contribution is 2.19. The Kier molecular flexibility index (Phi) is 5.39. The molecule has 0 heterocycles. The molecule has 1 atom stereocenters. The average molecular weight is 321 g/mol. The zero-order valence-corrected chi connectivity index (χ0v) is 13.2. The number of aryl methyl sites for hydroxylation is 1. The van der Waals surface area contributed by atoms with Gasteiger partial charge in [-0.2, -0.15) is 0 Å². The maximum atomic E-state index is 13.6. The van der Waals surface area contributed by atoms with E-state index in [4.69, 9.17) is 11.6 Å². The van der Waals surface area contributed by atoms with Crippen molar-refractivity contribution in [3.05, 3.63) is 64.4 Å². The standard InChI is InChI=1S/C17H18ClFN2O/c1-3-12-4-6-13(7-5-12)11(2)20-17(22)21-16-9-8-14(18)10-15(16)19/h4-11H,3H2,1-2H3,(H2,20,21,22). The predicted octanol–water partition coefficient (Wildman–Crippen LogP) is 4.92. The number of anilines is 1. The van der Waals surface area contributed by atoms with Crippen molar-refractivity contribution in [3.8, 4) is 0 Å². The normalized spacial score (nSPS) is 11.8. The van der Waals surface area contributed by atoms with Crippen LogP contribution in [-0.4, -0.2) is 6.03 Å². The van der Waals surface area contributed by atoms with Gasteiger partial charge in [0.05, 0.1) is 11.7 Å². The van der Waals surface area contributed by atoms with Crippen LogP contribution in [0, 0.1) is 5.82 Å². The molecular formula is C17H18ClFN2O. The minimum atomic E-state index is -0.567. The van der Waals surface area contributed by atoms with Crippen LogP contribution in [0.5, 0.6) is 0 Å². The zero-order chi connectivity index (χ0) is 16.1. The van der Waals surface area contributed by atoms with E-state index in [0.717, 1.165) is 18.1 Å². The highest BCUT2D eigenvalue weighted by molar-refractivity contribution is 6.30. The largest absolute Gasteiger partial charge is 0.331 e. The molecule has 0 aliphatic carbocycles. The molecule has 2 N–H and O–H groups in total. The van der Waals surface area contributed by atoms with Gasteiger partial charge in [0.25, 0.3) is 0 Å². The lowest BCUT2D eigenvalue weighted by Crippen LogP contribution is -2.31. The van der Waals surface area contributed by atoms with Crippen LogP contribution in [0.15, 0.2) is 42.5 Å². The highest BCUT2D eigenvalue weighted by atomic mass is 35.5. The Bertz CT molecular complexity index is 658. The van der Waals surface area contributed by atoms with Crippen molar-refractivity contribution in [1.82, 2.24) is 5.32 Å². The van der Waals surface area contributed by atoms with Gasteiger partial charge in [-0.05, 0) is 42.7 Å². The number of halogens is 2. The van der Waals surface area contributed by atoms with Gasteiger partial charge in [-0.3, -0.25) is 0 Å². The topological polar surface area (TPSA) is 41.1 Å². The van der Waals surface area contributed by atoms with E-state index in [-0.39, 0.29) is 16.8 Å². The summed E-state index contributed by atoms with van der Waals surface area (Å²) in [7, 11) is 0. The molecule has 0 spiro atoms. The summed E-state index contributed by atoms with van der Waals surface area (Å²) < 4.78 is 13.6. The van der Waals surface area contributed by atoms with Crippen LogP contribution in [0.1, 0.15) is 31.0 Å². The first-order chi connectivity index (χ1) is 10.5. The summed E-state index contributed by atoms with van der Waals surface area (Å²) in [6.45, 7) is 3.96. The molecule has 2 aromatic carbocycles. The van der Waals surface area contributed by atoms with Crippen LogP contribution >= 0.6 is 11.6 Å². The quantitative estimate of drug-likeness (QED) is 0.824. The summed E-state index contributed by atoms with van der Waals surface area (Å²) >= 11 is 5.67. The lowest BCUT2D eigenvalue weighted by Gasteiger charge is -2.16. The third-order valence-electron chi connectivity index (χ3n) is 3.41. The van der Waals surface area contributed by atoms with E-state index in [1.807, 2.05) is 31.2 Å². The van der Waals surface area contributed by atoms with Crippen LogP contribution in [0.4, 0.5) is 14.9 Å². The number of rotatable bonds is 4. The summed E-state index contributed by atoms with van der Waals surface area (Å²) in [6, 6.07) is 11.5. The number of hydrogen-bond acceptors (Lipinski definition) is 1. The van der Waals surface area contributed by atoms with Crippen molar-refractivity contribution in [2.75, 3.05) is 5.32 Å². The molecule has 2 rings (SSSR count). The molecule has 0 bridgehead atoms. The van der Waals surface area contributed by atoms with E-state index in [9.17, 15) is 9.18 Å². The van der Waals surface area contributed by atoms with E-state index in [1.165, 1.54) is 17.7 Å². The van der Waals surface area contributed by atoms with Gasteiger partial charge in [-0.15, -0.1) is 0 Å². The zero-order valence-electron chi connectivity index (χ0n) is 12.5. The number of carbonyl (C=O) groups is 1. The van der Waals surface area contributed by atoms with E-state index in [0.29, 0.717) is 0 Å². The Labute approximate surface area is 134 Å². The molecule has 0 aliphatic heterocycles. The van der Waals surface area contributed by atoms with Gasteiger partial charge in [0.15, 0.2) is 0 Å². The van der Waals surface area contributed by atoms with Gasteiger partial charge >= 0.3 is 6.03 Å². The summed E-state index contributed by atoms with van der Waals surface area (Å²) in [5, 5.41) is 5.54. The summed E-state index contributed by atoms with van der Waals surface area (Å²) in [4.78, 5) is 11.9. The molecule has 0 radical (unpaired) electrons. The molecule has 0 fully saturated rings. The predicted molar refractivity (Wildman–Crippen MR) is 87.8 cm³/mol. The SMILES string of the molecule is CCc1ccc(C(C)NC(=O)Nc2ccc(Cl)cc2F)cc1. The van der Waals surface area contributed by atoms with Crippen LogP contribution in [0.2, 0.25) is 5.02 Å².